The third kappa shape index (κ3) is 1.85. The highest BCUT2D eigenvalue weighted by molar-refractivity contribution is 5.81. The molecular weight excluding hydrogens is 200 g/mol. The molecule has 1 aromatic carbocycles. The summed E-state index contributed by atoms with van der Waals surface area (Å²) in [7, 11) is 0. The van der Waals surface area contributed by atoms with Crippen LogP contribution in [0.25, 0.3) is 10.8 Å². The minimum absolute atomic E-state index is 0.144. The molecule has 3 heteroatoms. The fourth-order valence-corrected chi connectivity index (χ4v) is 1.70. The monoisotopic (exact) mass is 216 g/mol. The Morgan fingerprint density at radius 2 is 2.06 bits per heavy atom. The molecule has 0 aliphatic carbocycles. The van der Waals surface area contributed by atoms with Gasteiger partial charge >= 0.3 is 0 Å². The lowest BCUT2D eigenvalue weighted by Crippen LogP contribution is -2.29. The van der Waals surface area contributed by atoms with Gasteiger partial charge in [-0.2, -0.15) is 0 Å². The Labute approximate surface area is 95.3 Å². The number of rotatable bonds is 2. The van der Waals surface area contributed by atoms with Gasteiger partial charge in [-0.3, -0.25) is 0 Å². The molecule has 16 heavy (non-hydrogen) atoms. The minimum atomic E-state index is 0.144. The predicted molar refractivity (Wildman–Crippen MR) is 64.0 cm³/mol. The Bertz CT molecular complexity index is 520. The molecule has 0 aliphatic heterocycles. The highest BCUT2D eigenvalue weighted by atomic mass is 16.5. The van der Waals surface area contributed by atoms with Gasteiger partial charge in [-0.1, -0.05) is 37.7 Å². The molecule has 1 heterocycles. The average molecular weight is 216 g/mol. The maximum atomic E-state index is 11.1. The van der Waals surface area contributed by atoms with Gasteiger partial charge in [0, 0.05) is 10.5 Å². The summed E-state index contributed by atoms with van der Waals surface area (Å²) >= 11 is 0. The van der Waals surface area contributed by atoms with E-state index in [-0.39, 0.29) is 5.41 Å². The highest BCUT2D eigenvalue weighted by Gasteiger charge is 2.18. The van der Waals surface area contributed by atoms with Crippen LogP contribution in [0.2, 0.25) is 0 Å². The molecule has 0 bridgehead atoms. The zero-order valence-corrected chi connectivity index (χ0v) is 9.90. The van der Waals surface area contributed by atoms with Gasteiger partial charge in [0.1, 0.15) is 6.20 Å². The second kappa shape index (κ2) is 3.74. The molecular formula is C13H16N2O. The predicted octanol–water partition coefficient (Wildman–Crippen LogP) is 2.56. The number of nitrogens with zero attached hydrogens (tertiary/aromatic N) is 2. The van der Waals surface area contributed by atoms with Gasteiger partial charge < -0.3 is 5.21 Å². The molecule has 3 nitrogen and oxygen atoms in total. The van der Waals surface area contributed by atoms with E-state index in [4.69, 9.17) is 0 Å². The summed E-state index contributed by atoms with van der Waals surface area (Å²) in [4.78, 5) is 0.602. The Morgan fingerprint density at radius 1 is 1.31 bits per heavy atom. The Kier molecular flexibility index (Phi) is 2.54. The van der Waals surface area contributed by atoms with Crippen molar-refractivity contribution >= 4 is 10.8 Å². The van der Waals surface area contributed by atoms with Gasteiger partial charge in [-0.15, -0.1) is 0 Å². The van der Waals surface area contributed by atoms with E-state index in [1.807, 2.05) is 6.07 Å². The Morgan fingerprint density at radius 3 is 2.75 bits per heavy atom. The first-order chi connectivity index (χ1) is 7.53. The number of hydrogen-bond donors (Lipinski definition) is 0. The first-order valence-electron chi connectivity index (χ1n) is 5.53. The Hall–Kier alpha value is -1.64. The SMILES string of the molecule is CCC(C)(C)c1ccc2cn[n+]([O-])cc2c1. The largest absolute Gasteiger partial charge is 0.594 e. The second-order valence-electron chi connectivity index (χ2n) is 4.76. The van der Waals surface area contributed by atoms with E-state index in [1.165, 1.54) is 11.8 Å². The summed E-state index contributed by atoms with van der Waals surface area (Å²) in [5.74, 6) is 0. The molecule has 0 radical (unpaired) electrons. The van der Waals surface area contributed by atoms with Crippen molar-refractivity contribution in [3.8, 4) is 0 Å². The lowest BCUT2D eigenvalue weighted by Gasteiger charge is -2.23. The molecule has 0 unspecified atom stereocenters. The van der Waals surface area contributed by atoms with Crippen molar-refractivity contribution in [2.75, 3.05) is 0 Å². The van der Waals surface area contributed by atoms with Crippen molar-refractivity contribution < 1.29 is 4.85 Å². The van der Waals surface area contributed by atoms with E-state index >= 15 is 0 Å². The van der Waals surface area contributed by atoms with Crippen LogP contribution in [0.4, 0.5) is 0 Å². The molecule has 0 fully saturated rings. The van der Waals surface area contributed by atoms with Crippen molar-refractivity contribution in [1.29, 1.82) is 0 Å². The summed E-state index contributed by atoms with van der Waals surface area (Å²) in [5.41, 5.74) is 1.40. The molecule has 2 aromatic rings. The lowest BCUT2D eigenvalue weighted by molar-refractivity contribution is -0.667. The van der Waals surface area contributed by atoms with Crippen LogP contribution in [0.3, 0.4) is 0 Å². The third-order valence-electron chi connectivity index (χ3n) is 3.31. The van der Waals surface area contributed by atoms with Crippen molar-refractivity contribution in [3.05, 3.63) is 41.4 Å². The zero-order valence-electron chi connectivity index (χ0n) is 9.90. The van der Waals surface area contributed by atoms with E-state index < -0.39 is 0 Å². The maximum Gasteiger partial charge on any atom is 0.217 e. The fraction of sp³-hybridized carbons (Fsp3) is 0.385. The smallest absolute Gasteiger partial charge is 0.217 e. The number of benzene rings is 1. The highest BCUT2D eigenvalue weighted by Crippen LogP contribution is 2.28. The lowest BCUT2D eigenvalue weighted by atomic mass is 9.82. The molecule has 0 aliphatic rings. The molecule has 0 N–H and O–H groups in total. The fourth-order valence-electron chi connectivity index (χ4n) is 1.70. The van der Waals surface area contributed by atoms with Gasteiger partial charge in [-0.25, -0.2) is 0 Å². The quantitative estimate of drug-likeness (QED) is 0.571. The van der Waals surface area contributed by atoms with Crippen molar-refractivity contribution in [3.63, 3.8) is 0 Å². The molecule has 0 atom stereocenters. The van der Waals surface area contributed by atoms with Gasteiger partial charge in [0.15, 0.2) is 0 Å². The van der Waals surface area contributed by atoms with E-state index in [0.29, 0.717) is 4.85 Å². The number of hydrogen-bond acceptors (Lipinski definition) is 2. The zero-order chi connectivity index (χ0) is 11.8. The van der Waals surface area contributed by atoms with E-state index in [1.54, 1.807) is 6.20 Å². The second-order valence-corrected chi connectivity index (χ2v) is 4.76. The topological polar surface area (TPSA) is 39.8 Å². The van der Waals surface area contributed by atoms with Gasteiger partial charge in [-0.05, 0) is 23.5 Å². The van der Waals surface area contributed by atoms with Crippen LogP contribution < -0.4 is 4.85 Å². The van der Waals surface area contributed by atoms with Crippen LogP contribution in [0, 0.1) is 5.21 Å². The van der Waals surface area contributed by atoms with Crippen LogP contribution in [0.5, 0.6) is 0 Å². The first kappa shape index (κ1) is 10.9. The maximum absolute atomic E-state index is 11.1. The summed E-state index contributed by atoms with van der Waals surface area (Å²) in [6.07, 6.45) is 4.19. The summed E-state index contributed by atoms with van der Waals surface area (Å²) < 4.78 is 0. The van der Waals surface area contributed by atoms with Crippen LogP contribution >= 0.6 is 0 Å². The molecule has 84 valence electrons. The van der Waals surface area contributed by atoms with Crippen molar-refractivity contribution in [2.45, 2.75) is 32.6 Å². The molecule has 0 spiro atoms. The summed E-state index contributed by atoms with van der Waals surface area (Å²) in [5, 5.41) is 16.8. The summed E-state index contributed by atoms with van der Waals surface area (Å²) in [6, 6.07) is 6.21. The van der Waals surface area contributed by atoms with E-state index in [2.05, 4.69) is 38.0 Å². The first-order valence-corrected chi connectivity index (χ1v) is 5.53. The summed E-state index contributed by atoms with van der Waals surface area (Å²) in [6.45, 7) is 6.59. The number of fused-ring (bicyclic) bond motifs is 1. The molecule has 1 aromatic heterocycles. The van der Waals surface area contributed by atoms with E-state index in [0.717, 1.165) is 17.2 Å². The van der Waals surface area contributed by atoms with Gasteiger partial charge in [0.25, 0.3) is 0 Å². The standard InChI is InChI=1S/C13H16N2O/c1-4-13(2,3)12-6-5-10-8-14-15(16)9-11(10)7-12/h5-9H,4H2,1-3H3. The third-order valence-corrected chi connectivity index (χ3v) is 3.31. The molecule has 0 saturated heterocycles. The van der Waals surface area contributed by atoms with Crippen molar-refractivity contribution in [2.24, 2.45) is 0 Å². The van der Waals surface area contributed by atoms with Gasteiger partial charge in [0.05, 0.1) is 5.39 Å². The van der Waals surface area contributed by atoms with Crippen LogP contribution in [-0.2, 0) is 5.41 Å². The minimum Gasteiger partial charge on any atom is -0.594 e. The molecule has 2 rings (SSSR count). The normalized spacial score (nSPS) is 11.9. The Balaban J connectivity index is 2.59. The van der Waals surface area contributed by atoms with Crippen LogP contribution in [0.15, 0.2) is 30.6 Å². The van der Waals surface area contributed by atoms with Crippen molar-refractivity contribution in [1.82, 2.24) is 5.10 Å². The number of aromatic nitrogens is 2. The molecule has 0 saturated carbocycles. The average Bonchev–Trinajstić information content (AvgIpc) is 2.28. The van der Waals surface area contributed by atoms with E-state index in [9.17, 15) is 5.21 Å². The van der Waals surface area contributed by atoms with Gasteiger partial charge in [0.2, 0.25) is 6.20 Å². The van der Waals surface area contributed by atoms with Crippen LogP contribution in [-0.4, -0.2) is 5.10 Å². The van der Waals surface area contributed by atoms with Crippen LogP contribution in [0.1, 0.15) is 32.8 Å². The molecule has 0 amide bonds.